The number of hydrogen-bond acceptors (Lipinski definition) is 2. The lowest BCUT2D eigenvalue weighted by molar-refractivity contribution is -0.138. The molecular weight excluding hydrogens is 321 g/mol. The van der Waals surface area contributed by atoms with Crippen LogP contribution < -0.4 is 5.32 Å². The summed E-state index contributed by atoms with van der Waals surface area (Å²) in [5.74, 6) is -0.208. The van der Waals surface area contributed by atoms with E-state index in [-0.39, 0.29) is 18.4 Å². The fraction of sp³-hybridized carbons (Fsp3) is 0.529. The van der Waals surface area contributed by atoms with Crippen LogP contribution in [0.1, 0.15) is 43.7 Å². The minimum atomic E-state index is -4.40. The lowest BCUT2D eigenvalue weighted by Crippen LogP contribution is -2.53. The number of benzene rings is 1. The molecule has 1 aromatic carbocycles. The summed E-state index contributed by atoms with van der Waals surface area (Å²) in [4.78, 5) is 26.2. The Morgan fingerprint density at radius 1 is 1.21 bits per heavy atom. The Morgan fingerprint density at radius 3 is 2.46 bits per heavy atom. The summed E-state index contributed by atoms with van der Waals surface area (Å²) in [5, 5.41) is 2.83. The van der Waals surface area contributed by atoms with Crippen molar-refractivity contribution in [1.82, 2.24) is 10.2 Å². The van der Waals surface area contributed by atoms with Crippen LogP contribution >= 0.6 is 0 Å². The van der Waals surface area contributed by atoms with E-state index in [0.29, 0.717) is 12.0 Å². The number of amides is 3. The molecule has 3 rings (SSSR count). The first-order chi connectivity index (χ1) is 11.2. The topological polar surface area (TPSA) is 49.4 Å². The number of carbonyl (C=O) groups excluding carboxylic acids is 2. The van der Waals surface area contributed by atoms with Crippen LogP contribution in [0.25, 0.3) is 0 Å². The maximum absolute atomic E-state index is 12.8. The Kier molecular flexibility index (Phi) is 4.05. The maximum Gasteiger partial charge on any atom is 0.416 e. The fourth-order valence-corrected chi connectivity index (χ4v) is 3.62. The molecule has 2 atom stereocenters. The number of urea groups is 1. The molecule has 1 aliphatic carbocycles. The Balaban J connectivity index is 1.78. The quantitative estimate of drug-likeness (QED) is 0.835. The van der Waals surface area contributed by atoms with Crippen molar-refractivity contribution in [2.45, 2.75) is 50.9 Å². The smallest absolute Gasteiger partial charge is 0.323 e. The second-order valence-electron chi connectivity index (χ2n) is 6.63. The molecule has 130 valence electrons. The molecule has 0 radical (unpaired) electrons. The van der Waals surface area contributed by atoms with E-state index < -0.39 is 23.3 Å². The highest BCUT2D eigenvalue weighted by Crippen LogP contribution is 2.38. The summed E-state index contributed by atoms with van der Waals surface area (Å²) in [6.07, 6.45) is -1.00. The molecule has 1 N–H and O–H groups in total. The van der Waals surface area contributed by atoms with Gasteiger partial charge < -0.3 is 5.32 Å². The van der Waals surface area contributed by atoms with Gasteiger partial charge in [-0.15, -0.1) is 0 Å². The molecule has 7 heteroatoms. The third-order valence-electron chi connectivity index (χ3n) is 5.12. The SMILES string of the molecule is C[C@@H]1CCCC[C@@]12NC(=O)N(Cc1ccc(C(F)(F)F)cc1)C2=O. The molecule has 24 heavy (non-hydrogen) atoms. The van der Waals surface area contributed by atoms with Gasteiger partial charge in [-0.05, 0) is 36.5 Å². The zero-order valence-electron chi connectivity index (χ0n) is 13.3. The predicted octanol–water partition coefficient (Wildman–Crippen LogP) is 3.71. The molecule has 1 saturated heterocycles. The highest BCUT2D eigenvalue weighted by molar-refractivity contribution is 6.07. The van der Waals surface area contributed by atoms with Gasteiger partial charge in [0.15, 0.2) is 0 Å². The van der Waals surface area contributed by atoms with Crippen LogP contribution in [0.2, 0.25) is 0 Å². The summed E-state index contributed by atoms with van der Waals surface area (Å²) in [6.45, 7) is 1.94. The average molecular weight is 340 g/mol. The van der Waals surface area contributed by atoms with Crippen molar-refractivity contribution in [3.05, 3.63) is 35.4 Å². The van der Waals surface area contributed by atoms with Gasteiger partial charge in [-0.2, -0.15) is 13.2 Å². The van der Waals surface area contributed by atoms with E-state index in [9.17, 15) is 22.8 Å². The van der Waals surface area contributed by atoms with Crippen molar-refractivity contribution in [3.8, 4) is 0 Å². The number of hydrogen-bond donors (Lipinski definition) is 1. The maximum atomic E-state index is 12.8. The van der Waals surface area contributed by atoms with Gasteiger partial charge in [0.2, 0.25) is 0 Å². The number of rotatable bonds is 2. The molecule has 0 unspecified atom stereocenters. The third-order valence-corrected chi connectivity index (χ3v) is 5.12. The highest BCUT2D eigenvalue weighted by Gasteiger charge is 2.54. The van der Waals surface area contributed by atoms with Gasteiger partial charge in [-0.3, -0.25) is 9.69 Å². The van der Waals surface area contributed by atoms with Gasteiger partial charge in [0, 0.05) is 0 Å². The number of alkyl halides is 3. The van der Waals surface area contributed by atoms with Crippen molar-refractivity contribution in [2.75, 3.05) is 0 Å². The number of nitrogens with one attached hydrogen (secondary N) is 1. The predicted molar refractivity (Wildman–Crippen MR) is 80.9 cm³/mol. The fourth-order valence-electron chi connectivity index (χ4n) is 3.62. The average Bonchev–Trinajstić information content (AvgIpc) is 2.75. The molecule has 2 fully saturated rings. The second kappa shape index (κ2) is 5.79. The monoisotopic (exact) mass is 340 g/mol. The van der Waals surface area contributed by atoms with E-state index in [1.807, 2.05) is 6.92 Å². The Morgan fingerprint density at radius 2 is 1.88 bits per heavy atom. The third kappa shape index (κ3) is 2.76. The number of carbonyl (C=O) groups is 2. The minimum Gasteiger partial charge on any atom is -0.323 e. The first-order valence-electron chi connectivity index (χ1n) is 8.04. The molecule has 4 nitrogen and oxygen atoms in total. The van der Waals surface area contributed by atoms with E-state index in [0.717, 1.165) is 36.3 Å². The lowest BCUT2D eigenvalue weighted by Gasteiger charge is -2.36. The van der Waals surface area contributed by atoms with Gasteiger partial charge >= 0.3 is 12.2 Å². The number of halogens is 3. The largest absolute Gasteiger partial charge is 0.416 e. The molecule has 1 aromatic rings. The number of nitrogens with zero attached hydrogens (tertiary/aromatic N) is 1. The van der Waals surface area contributed by atoms with Crippen molar-refractivity contribution in [1.29, 1.82) is 0 Å². The van der Waals surface area contributed by atoms with E-state index >= 15 is 0 Å². The molecule has 1 heterocycles. The lowest BCUT2D eigenvalue weighted by atomic mass is 9.73. The van der Waals surface area contributed by atoms with Gasteiger partial charge in [-0.25, -0.2) is 4.79 Å². The first kappa shape index (κ1) is 16.8. The summed E-state index contributed by atoms with van der Waals surface area (Å²) < 4.78 is 37.8. The summed E-state index contributed by atoms with van der Waals surface area (Å²) in [6, 6.07) is 4.07. The van der Waals surface area contributed by atoms with Crippen LogP contribution in [0.4, 0.5) is 18.0 Å². The van der Waals surface area contributed by atoms with Crippen molar-refractivity contribution in [3.63, 3.8) is 0 Å². The summed E-state index contributed by atoms with van der Waals surface area (Å²) in [7, 11) is 0. The Bertz CT molecular complexity index is 657. The molecule has 3 amide bonds. The van der Waals surface area contributed by atoms with Crippen LogP contribution in [-0.4, -0.2) is 22.4 Å². The van der Waals surface area contributed by atoms with Crippen LogP contribution in [-0.2, 0) is 17.5 Å². The van der Waals surface area contributed by atoms with Gasteiger partial charge in [0.25, 0.3) is 5.91 Å². The zero-order chi connectivity index (χ0) is 17.5. The molecule has 0 aromatic heterocycles. The van der Waals surface area contributed by atoms with E-state index in [1.54, 1.807) is 0 Å². The normalized spacial score (nSPS) is 27.7. The van der Waals surface area contributed by atoms with Gasteiger partial charge in [-0.1, -0.05) is 31.9 Å². The molecule has 1 saturated carbocycles. The van der Waals surface area contributed by atoms with Crippen molar-refractivity contribution >= 4 is 11.9 Å². The first-order valence-corrected chi connectivity index (χ1v) is 8.04. The molecule has 1 spiro atoms. The van der Waals surface area contributed by atoms with E-state index in [4.69, 9.17) is 0 Å². The minimum absolute atomic E-state index is 0.0166. The standard InChI is InChI=1S/C17H19F3N2O2/c1-11-4-2-3-9-16(11)14(23)22(15(24)21-16)10-12-5-7-13(8-6-12)17(18,19)20/h5-8,11H,2-4,9-10H2,1H3,(H,21,24)/t11-,16-/m1/s1. The zero-order valence-corrected chi connectivity index (χ0v) is 13.3. The molecule has 1 aliphatic heterocycles. The van der Waals surface area contributed by atoms with Crippen LogP contribution in [0.15, 0.2) is 24.3 Å². The van der Waals surface area contributed by atoms with Crippen molar-refractivity contribution in [2.24, 2.45) is 5.92 Å². The second-order valence-corrected chi connectivity index (χ2v) is 6.63. The van der Waals surface area contributed by atoms with Crippen LogP contribution in [0, 0.1) is 5.92 Å². The number of imide groups is 1. The van der Waals surface area contributed by atoms with E-state index in [1.165, 1.54) is 12.1 Å². The van der Waals surface area contributed by atoms with Crippen LogP contribution in [0.3, 0.4) is 0 Å². The summed E-state index contributed by atoms with van der Waals surface area (Å²) in [5.41, 5.74) is -1.10. The van der Waals surface area contributed by atoms with E-state index in [2.05, 4.69) is 5.32 Å². The highest BCUT2D eigenvalue weighted by atomic mass is 19.4. The Hall–Kier alpha value is -2.05. The molecule has 2 aliphatic rings. The Labute approximate surface area is 138 Å². The van der Waals surface area contributed by atoms with Gasteiger partial charge in [0.05, 0.1) is 12.1 Å². The van der Waals surface area contributed by atoms with Crippen LogP contribution in [0.5, 0.6) is 0 Å². The molecular formula is C17H19F3N2O2. The van der Waals surface area contributed by atoms with Gasteiger partial charge in [0.1, 0.15) is 5.54 Å². The summed E-state index contributed by atoms with van der Waals surface area (Å²) >= 11 is 0. The van der Waals surface area contributed by atoms with Crippen molar-refractivity contribution < 1.29 is 22.8 Å². The molecule has 0 bridgehead atoms.